The lowest BCUT2D eigenvalue weighted by Gasteiger charge is -2.12. The summed E-state index contributed by atoms with van der Waals surface area (Å²) in [7, 11) is 1.30. The van der Waals surface area contributed by atoms with Crippen molar-refractivity contribution in [3.05, 3.63) is 53.7 Å². The van der Waals surface area contributed by atoms with Crippen LogP contribution in [0.2, 0.25) is 0 Å². The van der Waals surface area contributed by atoms with E-state index in [0.29, 0.717) is 40.5 Å². The maximum absolute atomic E-state index is 14.2. The number of halogens is 1. The van der Waals surface area contributed by atoms with Crippen LogP contribution in [-0.2, 0) is 17.0 Å². The van der Waals surface area contributed by atoms with E-state index in [1.54, 1.807) is 30.3 Å². The van der Waals surface area contributed by atoms with E-state index in [4.69, 9.17) is 4.42 Å². The molecule has 0 saturated heterocycles. The third-order valence-electron chi connectivity index (χ3n) is 3.77. The van der Waals surface area contributed by atoms with Gasteiger partial charge in [-0.25, -0.2) is 9.18 Å². The lowest BCUT2D eigenvalue weighted by atomic mass is 10.2. The van der Waals surface area contributed by atoms with Crippen molar-refractivity contribution in [1.29, 1.82) is 0 Å². The first-order valence-corrected chi connectivity index (χ1v) is 9.46. The van der Waals surface area contributed by atoms with Gasteiger partial charge in [0.15, 0.2) is 11.0 Å². The van der Waals surface area contributed by atoms with Gasteiger partial charge in [-0.15, -0.1) is 10.2 Å². The van der Waals surface area contributed by atoms with Crippen LogP contribution in [0.3, 0.4) is 0 Å². The largest absolute Gasteiger partial charge is 0.463 e. The van der Waals surface area contributed by atoms with Gasteiger partial charge in [0.05, 0.1) is 18.4 Å². The third kappa shape index (κ3) is 4.39. The lowest BCUT2D eigenvalue weighted by Crippen LogP contribution is -2.08. The molecule has 1 aromatic carbocycles. The molecule has 3 rings (SSSR count). The highest BCUT2D eigenvalue weighted by molar-refractivity contribution is 7.98. The minimum Gasteiger partial charge on any atom is -0.463 e. The molecular formula is C19H20FN3O3S. The van der Waals surface area contributed by atoms with Crippen LogP contribution in [0.4, 0.5) is 4.39 Å². The molecule has 27 heavy (non-hydrogen) atoms. The van der Waals surface area contributed by atoms with E-state index in [0.717, 1.165) is 0 Å². The van der Waals surface area contributed by atoms with Gasteiger partial charge in [-0.05, 0) is 30.2 Å². The Hall–Kier alpha value is -2.61. The number of benzene rings is 1. The number of esters is 1. The minimum atomic E-state index is -0.518. The Labute approximate surface area is 160 Å². The van der Waals surface area contributed by atoms with Gasteiger partial charge in [0, 0.05) is 6.54 Å². The Balaban J connectivity index is 1.84. The second-order valence-electron chi connectivity index (χ2n) is 6.34. The standard InChI is InChI=1S/C19H20FN3O3S/c1-12(2)10-23-17(14-6-4-5-7-15(14)20)21-22-19(23)27-11-13-8-9-16(26-13)18(24)25-3/h4-9,12H,10-11H2,1-3H3. The van der Waals surface area contributed by atoms with E-state index in [9.17, 15) is 9.18 Å². The maximum Gasteiger partial charge on any atom is 0.373 e. The summed E-state index contributed by atoms with van der Waals surface area (Å²) in [6.07, 6.45) is 0. The van der Waals surface area contributed by atoms with E-state index >= 15 is 0 Å². The Morgan fingerprint density at radius 3 is 2.74 bits per heavy atom. The number of ether oxygens (including phenoxy) is 1. The molecule has 142 valence electrons. The van der Waals surface area contributed by atoms with Crippen molar-refractivity contribution in [2.75, 3.05) is 7.11 Å². The first-order valence-electron chi connectivity index (χ1n) is 8.47. The molecule has 2 heterocycles. The Morgan fingerprint density at radius 1 is 1.26 bits per heavy atom. The first kappa shape index (κ1) is 19.2. The molecular weight excluding hydrogens is 369 g/mol. The summed E-state index contributed by atoms with van der Waals surface area (Å²) in [4.78, 5) is 11.5. The first-order chi connectivity index (χ1) is 13.0. The van der Waals surface area contributed by atoms with Gasteiger partial charge in [0.1, 0.15) is 11.6 Å². The van der Waals surface area contributed by atoms with Crippen LogP contribution in [0.15, 0.2) is 46.0 Å². The third-order valence-corrected chi connectivity index (χ3v) is 4.76. The summed E-state index contributed by atoms with van der Waals surface area (Å²) in [5.74, 6) is 1.22. The van der Waals surface area contributed by atoms with Gasteiger partial charge in [0.2, 0.25) is 5.76 Å². The minimum absolute atomic E-state index is 0.156. The van der Waals surface area contributed by atoms with Crippen LogP contribution >= 0.6 is 11.8 Å². The molecule has 0 radical (unpaired) electrons. The molecule has 0 aliphatic rings. The number of thioether (sulfide) groups is 1. The van der Waals surface area contributed by atoms with Crippen LogP contribution in [0.5, 0.6) is 0 Å². The smallest absolute Gasteiger partial charge is 0.373 e. The number of nitrogens with zero attached hydrogens (tertiary/aromatic N) is 3. The molecule has 2 aromatic heterocycles. The number of carbonyl (C=O) groups excluding carboxylic acids is 1. The predicted molar refractivity (Wildman–Crippen MR) is 99.9 cm³/mol. The van der Waals surface area contributed by atoms with Crippen molar-refractivity contribution in [3.8, 4) is 11.4 Å². The quantitative estimate of drug-likeness (QED) is 0.440. The number of furan rings is 1. The molecule has 0 N–H and O–H groups in total. The summed E-state index contributed by atoms with van der Waals surface area (Å²) >= 11 is 1.42. The molecule has 0 spiro atoms. The molecule has 3 aromatic rings. The number of aromatic nitrogens is 3. The monoisotopic (exact) mass is 389 g/mol. The highest BCUT2D eigenvalue weighted by Crippen LogP contribution is 2.29. The van der Waals surface area contributed by atoms with Crippen molar-refractivity contribution in [2.45, 2.75) is 31.3 Å². The number of hydrogen-bond acceptors (Lipinski definition) is 6. The maximum atomic E-state index is 14.2. The summed E-state index contributed by atoms with van der Waals surface area (Å²) in [5, 5.41) is 9.11. The molecule has 8 heteroatoms. The fourth-order valence-corrected chi connectivity index (χ4v) is 3.41. The van der Waals surface area contributed by atoms with Crippen molar-refractivity contribution in [3.63, 3.8) is 0 Å². The summed E-state index contributed by atoms with van der Waals surface area (Å²) in [6, 6.07) is 9.82. The number of rotatable bonds is 7. The van der Waals surface area contributed by atoms with Crippen LogP contribution < -0.4 is 0 Å². The van der Waals surface area contributed by atoms with E-state index in [-0.39, 0.29) is 11.6 Å². The van der Waals surface area contributed by atoms with Crippen LogP contribution in [-0.4, -0.2) is 27.8 Å². The highest BCUT2D eigenvalue weighted by Gasteiger charge is 2.19. The average molecular weight is 389 g/mol. The summed E-state index contributed by atoms with van der Waals surface area (Å²) in [5.41, 5.74) is 0.420. The average Bonchev–Trinajstić information content (AvgIpc) is 3.27. The molecule has 0 saturated carbocycles. The fourth-order valence-electron chi connectivity index (χ4n) is 2.57. The summed E-state index contributed by atoms with van der Waals surface area (Å²) in [6.45, 7) is 4.81. The van der Waals surface area contributed by atoms with Crippen molar-refractivity contribution >= 4 is 17.7 Å². The summed E-state index contributed by atoms with van der Waals surface area (Å²) < 4.78 is 26.2. The van der Waals surface area contributed by atoms with E-state index in [1.807, 2.05) is 4.57 Å². The van der Waals surface area contributed by atoms with Crippen molar-refractivity contribution in [2.24, 2.45) is 5.92 Å². The normalized spacial score (nSPS) is 11.1. The zero-order valence-corrected chi connectivity index (χ0v) is 16.1. The van der Waals surface area contributed by atoms with E-state index < -0.39 is 5.97 Å². The number of methoxy groups -OCH3 is 1. The molecule has 6 nitrogen and oxygen atoms in total. The van der Waals surface area contributed by atoms with Crippen LogP contribution in [0, 0.1) is 11.7 Å². The topological polar surface area (TPSA) is 70.2 Å². The van der Waals surface area contributed by atoms with Gasteiger partial charge in [-0.1, -0.05) is 37.7 Å². The zero-order chi connectivity index (χ0) is 19.4. The van der Waals surface area contributed by atoms with Gasteiger partial charge in [-0.3, -0.25) is 0 Å². The molecule has 0 aliphatic heterocycles. The predicted octanol–water partition coefficient (Wildman–Crippen LogP) is 4.41. The Bertz CT molecular complexity index is 936. The number of hydrogen-bond donors (Lipinski definition) is 0. The molecule has 0 aliphatic carbocycles. The van der Waals surface area contributed by atoms with Crippen molar-refractivity contribution < 1.29 is 18.3 Å². The molecule has 0 fully saturated rings. The molecule has 0 atom stereocenters. The van der Waals surface area contributed by atoms with Crippen LogP contribution in [0.1, 0.15) is 30.2 Å². The molecule has 0 unspecified atom stereocenters. The van der Waals surface area contributed by atoms with Gasteiger partial charge in [-0.2, -0.15) is 0 Å². The highest BCUT2D eigenvalue weighted by atomic mass is 32.2. The second-order valence-corrected chi connectivity index (χ2v) is 7.28. The SMILES string of the molecule is COC(=O)c1ccc(CSc2nnc(-c3ccccc3F)n2CC(C)C)o1. The Morgan fingerprint density at radius 2 is 2.04 bits per heavy atom. The molecule has 0 amide bonds. The van der Waals surface area contributed by atoms with E-state index in [2.05, 4.69) is 28.8 Å². The van der Waals surface area contributed by atoms with Gasteiger partial charge < -0.3 is 13.7 Å². The number of carbonyl (C=O) groups is 1. The fraction of sp³-hybridized carbons (Fsp3) is 0.316. The Kier molecular flexibility index (Phi) is 5.95. The lowest BCUT2D eigenvalue weighted by molar-refractivity contribution is 0.0563. The van der Waals surface area contributed by atoms with Crippen molar-refractivity contribution in [1.82, 2.24) is 14.8 Å². The van der Waals surface area contributed by atoms with Gasteiger partial charge in [0.25, 0.3) is 0 Å². The van der Waals surface area contributed by atoms with Crippen LogP contribution in [0.25, 0.3) is 11.4 Å². The van der Waals surface area contributed by atoms with E-state index in [1.165, 1.54) is 24.9 Å². The van der Waals surface area contributed by atoms with Gasteiger partial charge >= 0.3 is 5.97 Å². The zero-order valence-electron chi connectivity index (χ0n) is 15.3. The molecule has 0 bridgehead atoms. The second kappa shape index (κ2) is 8.39.